The minimum atomic E-state index is 0.0331. The summed E-state index contributed by atoms with van der Waals surface area (Å²) in [5, 5.41) is 15.5. The zero-order valence-electron chi connectivity index (χ0n) is 11.2. The van der Waals surface area contributed by atoms with Crippen molar-refractivity contribution in [2.75, 3.05) is 5.32 Å². The molecule has 2 aromatic rings. The smallest absolute Gasteiger partial charge is 0.144 e. The van der Waals surface area contributed by atoms with Gasteiger partial charge in [-0.3, -0.25) is 0 Å². The minimum Gasteiger partial charge on any atom is -0.361 e. The summed E-state index contributed by atoms with van der Waals surface area (Å²) >= 11 is 1.67. The van der Waals surface area contributed by atoms with Crippen molar-refractivity contribution in [2.24, 2.45) is 0 Å². The zero-order chi connectivity index (χ0) is 13.8. The number of anilines is 1. The van der Waals surface area contributed by atoms with Crippen molar-refractivity contribution >= 4 is 17.2 Å². The van der Waals surface area contributed by atoms with Gasteiger partial charge in [0.2, 0.25) is 0 Å². The van der Waals surface area contributed by atoms with E-state index in [0.29, 0.717) is 17.3 Å². The molecule has 0 spiro atoms. The normalized spacial score (nSPS) is 12.2. The predicted molar refractivity (Wildman–Crippen MR) is 77.2 cm³/mol. The molecule has 0 aromatic carbocycles. The SMILES string of the molecule is CC(C)c1nc([C@H](C)Nc2ncccc2C#N)cs1. The molecule has 2 aromatic heterocycles. The van der Waals surface area contributed by atoms with Gasteiger partial charge in [-0.15, -0.1) is 11.3 Å². The largest absolute Gasteiger partial charge is 0.361 e. The van der Waals surface area contributed by atoms with Crippen molar-refractivity contribution in [3.05, 3.63) is 40.0 Å². The molecule has 2 heterocycles. The van der Waals surface area contributed by atoms with Crippen LogP contribution in [-0.4, -0.2) is 9.97 Å². The average Bonchev–Trinajstić information content (AvgIpc) is 2.89. The van der Waals surface area contributed by atoms with E-state index in [4.69, 9.17) is 5.26 Å². The molecule has 5 heteroatoms. The van der Waals surface area contributed by atoms with E-state index in [2.05, 4.69) is 40.6 Å². The molecule has 0 amide bonds. The third-order valence-corrected chi connectivity index (χ3v) is 3.92. The van der Waals surface area contributed by atoms with E-state index in [1.165, 1.54) is 0 Å². The Morgan fingerprint density at radius 1 is 1.37 bits per heavy atom. The molecule has 0 fully saturated rings. The van der Waals surface area contributed by atoms with E-state index in [1.54, 1.807) is 29.7 Å². The maximum absolute atomic E-state index is 9.04. The summed E-state index contributed by atoms with van der Waals surface area (Å²) in [6, 6.07) is 5.68. The number of hydrogen-bond acceptors (Lipinski definition) is 5. The highest BCUT2D eigenvalue weighted by Gasteiger charge is 2.13. The van der Waals surface area contributed by atoms with E-state index in [-0.39, 0.29) is 6.04 Å². The highest BCUT2D eigenvalue weighted by Crippen LogP contribution is 2.25. The third kappa shape index (κ3) is 3.09. The summed E-state index contributed by atoms with van der Waals surface area (Å²) in [6.07, 6.45) is 1.68. The molecule has 0 aliphatic rings. The standard InChI is InChI=1S/C14H16N4S/c1-9(2)14-18-12(8-19-14)10(3)17-13-11(7-15)5-4-6-16-13/h4-6,8-10H,1-3H3,(H,16,17)/t10-/m0/s1. The van der Waals surface area contributed by atoms with E-state index in [9.17, 15) is 0 Å². The van der Waals surface area contributed by atoms with Crippen LogP contribution in [0.1, 0.15) is 49.0 Å². The Labute approximate surface area is 117 Å². The lowest BCUT2D eigenvalue weighted by molar-refractivity contribution is 0.798. The number of thiazole rings is 1. The molecule has 19 heavy (non-hydrogen) atoms. The first kappa shape index (κ1) is 13.5. The molecule has 0 radical (unpaired) electrons. The number of nitriles is 1. The van der Waals surface area contributed by atoms with Crippen LogP contribution in [0.15, 0.2) is 23.7 Å². The first-order valence-corrected chi connectivity index (χ1v) is 7.06. The van der Waals surface area contributed by atoms with Crippen LogP contribution in [0.25, 0.3) is 0 Å². The molecule has 0 unspecified atom stereocenters. The summed E-state index contributed by atoms with van der Waals surface area (Å²) in [5.74, 6) is 1.05. The molecule has 4 nitrogen and oxygen atoms in total. The lowest BCUT2D eigenvalue weighted by Crippen LogP contribution is -2.09. The van der Waals surface area contributed by atoms with Crippen LogP contribution in [0.4, 0.5) is 5.82 Å². The molecule has 1 atom stereocenters. The second-order valence-electron chi connectivity index (χ2n) is 4.64. The quantitative estimate of drug-likeness (QED) is 0.921. The number of nitrogens with one attached hydrogen (secondary N) is 1. The Hall–Kier alpha value is -1.93. The number of nitrogens with zero attached hydrogens (tertiary/aromatic N) is 3. The zero-order valence-corrected chi connectivity index (χ0v) is 12.0. The summed E-state index contributed by atoms with van der Waals surface area (Å²) in [6.45, 7) is 6.29. The van der Waals surface area contributed by atoms with Crippen molar-refractivity contribution in [3.8, 4) is 6.07 Å². The fourth-order valence-corrected chi connectivity index (χ4v) is 2.58. The second kappa shape index (κ2) is 5.81. The van der Waals surface area contributed by atoms with Crippen molar-refractivity contribution < 1.29 is 0 Å². The average molecular weight is 272 g/mol. The Morgan fingerprint density at radius 2 is 2.16 bits per heavy atom. The fraction of sp³-hybridized carbons (Fsp3) is 0.357. The number of pyridine rings is 1. The Bertz CT molecular complexity index is 597. The Kier molecular flexibility index (Phi) is 4.13. The monoisotopic (exact) mass is 272 g/mol. The first-order chi connectivity index (χ1) is 9.11. The summed E-state index contributed by atoms with van der Waals surface area (Å²) in [5.41, 5.74) is 1.54. The molecule has 0 bridgehead atoms. The van der Waals surface area contributed by atoms with Gasteiger partial charge in [0.1, 0.15) is 11.9 Å². The number of aromatic nitrogens is 2. The summed E-state index contributed by atoms with van der Waals surface area (Å²) in [4.78, 5) is 8.81. The van der Waals surface area contributed by atoms with Crippen molar-refractivity contribution in [1.82, 2.24) is 9.97 Å². The molecule has 0 saturated carbocycles. The maximum atomic E-state index is 9.04. The second-order valence-corrected chi connectivity index (χ2v) is 5.53. The van der Waals surface area contributed by atoms with E-state index in [1.807, 2.05) is 6.92 Å². The van der Waals surface area contributed by atoms with Gasteiger partial charge in [-0.05, 0) is 19.1 Å². The Balaban J connectivity index is 2.16. The third-order valence-electron chi connectivity index (χ3n) is 2.76. The van der Waals surface area contributed by atoms with Crippen LogP contribution in [-0.2, 0) is 0 Å². The van der Waals surface area contributed by atoms with Crippen LogP contribution in [0.2, 0.25) is 0 Å². The lowest BCUT2D eigenvalue weighted by atomic mass is 10.2. The van der Waals surface area contributed by atoms with Crippen LogP contribution in [0.3, 0.4) is 0 Å². The fourth-order valence-electron chi connectivity index (χ4n) is 1.65. The van der Waals surface area contributed by atoms with Crippen LogP contribution >= 0.6 is 11.3 Å². The Morgan fingerprint density at radius 3 is 2.79 bits per heavy atom. The van der Waals surface area contributed by atoms with E-state index in [0.717, 1.165) is 10.7 Å². The molecule has 98 valence electrons. The highest BCUT2D eigenvalue weighted by molar-refractivity contribution is 7.09. The lowest BCUT2D eigenvalue weighted by Gasteiger charge is -2.13. The van der Waals surface area contributed by atoms with Gasteiger partial charge in [0, 0.05) is 17.5 Å². The molecule has 1 N–H and O–H groups in total. The van der Waals surface area contributed by atoms with Gasteiger partial charge in [0.05, 0.1) is 22.3 Å². The highest BCUT2D eigenvalue weighted by atomic mass is 32.1. The van der Waals surface area contributed by atoms with Gasteiger partial charge in [0.25, 0.3) is 0 Å². The molecular weight excluding hydrogens is 256 g/mol. The van der Waals surface area contributed by atoms with Crippen LogP contribution in [0, 0.1) is 11.3 Å². The van der Waals surface area contributed by atoms with Gasteiger partial charge < -0.3 is 5.32 Å². The molecule has 0 aliphatic heterocycles. The first-order valence-electron chi connectivity index (χ1n) is 6.18. The van der Waals surface area contributed by atoms with E-state index >= 15 is 0 Å². The van der Waals surface area contributed by atoms with Crippen molar-refractivity contribution in [2.45, 2.75) is 32.7 Å². The van der Waals surface area contributed by atoms with Gasteiger partial charge >= 0.3 is 0 Å². The molecule has 0 saturated heterocycles. The maximum Gasteiger partial charge on any atom is 0.144 e. The summed E-state index contributed by atoms with van der Waals surface area (Å²) in [7, 11) is 0. The van der Waals surface area contributed by atoms with Gasteiger partial charge in [-0.1, -0.05) is 13.8 Å². The molecular formula is C14H16N4S. The van der Waals surface area contributed by atoms with Gasteiger partial charge in [-0.25, -0.2) is 9.97 Å². The van der Waals surface area contributed by atoms with Crippen LogP contribution in [0.5, 0.6) is 0 Å². The van der Waals surface area contributed by atoms with Gasteiger partial charge in [-0.2, -0.15) is 5.26 Å². The summed E-state index contributed by atoms with van der Waals surface area (Å²) < 4.78 is 0. The molecule has 0 aliphatic carbocycles. The predicted octanol–water partition coefficient (Wildman–Crippen LogP) is 3.71. The number of rotatable bonds is 4. The van der Waals surface area contributed by atoms with E-state index < -0.39 is 0 Å². The van der Waals surface area contributed by atoms with Crippen molar-refractivity contribution in [1.29, 1.82) is 5.26 Å². The minimum absolute atomic E-state index is 0.0331. The van der Waals surface area contributed by atoms with Crippen LogP contribution < -0.4 is 5.32 Å². The number of hydrogen-bond donors (Lipinski definition) is 1. The van der Waals surface area contributed by atoms with Crippen molar-refractivity contribution in [3.63, 3.8) is 0 Å². The van der Waals surface area contributed by atoms with Gasteiger partial charge in [0.15, 0.2) is 0 Å². The topological polar surface area (TPSA) is 61.6 Å². The molecule has 2 rings (SSSR count).